The van der Waals surface area contributed by atoms with Gasteiger partial charge in [0.2, 0.25) is 0 Å². The Labute approximate surface area is 82.0 Å². The number of ketones is 1. The van der Waals surface area contributed by atoms with Gasteiger partial charge in [-0.1, -0.05) is 19.9 Å². The van der Waals surface area contributed by atoms with Crippen LogP contribution in [0, 0.1) is 0 Å². The molecule has 1 heterocycles. The van der Waals surface area contributed by atoms with Crippen LogP contribution in [-0.4, -0.2) is 10.8 Å². The van der Waals surface area contributed by atoms with Crippen molar-refractivity contribution in [2.75, 3.05) is 0 Å². The fourth-order valence-electron chi connectivity index (χ4n) is 0.769. The second-order valence-electron chi connectivity index (χ2n) is 2.30. The minimum Gasteiger partial charge on any atom is -0.293 e. The van der Waals surface area contributed by atoms with Crippen LogP contribution in [-0.2, 0) is 0 Å². The summed E-state index contributed by atoms with van der Waals surface area (Å²) in [6.07, 6.45) is -2.62. The Bertz CT molecular complexity index is 300. The Kier molecular flexibility index (Phi) is 5.60. The van der Waals surface area contributed by atoms with Gasteiger partial charge in [-0.2, -0.15) is 0 Å². The van der Waals surface area contributed by atoms with Gasteiger partial charge >= 0.3 is 0 Å². The van der Waals surface area contributed by atoms with Gasteiger partial charge in [0.05, 0.1) is 0 Å². The summed E-state index contributed by atoms with van der Waals surface area (Å²) in [7, 11) is 0. The molecule has 0 fully saturated rings. The van der Waals surface area contributed by atoms with Gasteiger partial charge in [0.25, 0.3) is 6.43 Å². The molecule has 0 spiro atoms. The number of alkyl halides is 2. The lowest BCUT2D eigenvalue weighted by Crippen LogP contribution is -1.99. The number of Topliss-reactive ketones (excluding diaryl/α,β-unsaturated/α-hetero) is 1. The lowest BCUT2D eigenvalue weighted by atomic mass is 10.2. The summed E-state index contributed by atoms with van der Waals surface area (Å²) in [6.45, 7) is 5.29. The van der Waals surface area contributed by atoms with Crippen LogP contribution in [0.25, 0.3) is 0 Å². The van der Waals surface area contributed by atoms with Gasteiger partial charge in [0.1, 0.15) is 11.4 Å². The molecule has 1 aromatic heterocycles. The van der Waals surface area contributed by atoms with E-state index >= 15 is 0 Å². The summed E-state index contributed by atoms with van der Waals surface area (Å²) in [6, 6.07) is 4.00. The molecule has 4 heteroatoms. The molecule has 0 aliphatic rings. The van der Waals surface area contributed by atoms with E-state index in [1.807, 2.05) is 13.8 Å². The number of rotatable bonds is 2. The third-order valence-electron chi connectivity index (χ3n) is 1.35. The molecule has 0 unspecified atom stereocenters. The molecule has 0 aromatic carbocycles. The smallest absolute Gasteiger partial charge is 0.280 e. The lowest BCUT2D eigenvalue weighted by molar-refractivity contribution is 0.101. The number of hydrogen-bond donors (Lipinski definition) is 0. The lowest BCUT2D eigenvalue weighted by Gasteiger charge is -1.99. The first-order chi connectivity index (χ1) is 6.61. The van der Waals surface area contributed by atoms with Crippen LogP contribution < -0.4 is 0 Å². The zero-order valence-electron chi connectivity index (χ0n) is 8.42. The molecule has 0 amide bonds. The summed E-state index contributed by atoms with van der Waals surface area (Å²) in [4.78, 5) is 14.2. The molecular formula is C10H13F2NO. The molecule has 2 nitrogen and oxygen atoms in total. The van der Waals surface area contributed by atoms with Crippen molar-refractivity contribution in [3.05, 3.63) is 29.6 Å². The summed E-state index contributed by atoms with van der Waals surface area (Å²) < 4.78 is 24.1. The highest BCUT2D eigenvalue weighted by molar-refractivity contribution is 5.92. The van der Waals surface area contributed by atoms with E-state index in [0.29, 0.717) is 0 Å². The van der Waals surface area contributed by atoms with E-state index in [1.165, 1.54) is 25.1 Å². The Morgan fingerprint density at radius 1 is 1.36 bits per heavy atom. The van der Waals surface area contributed by atoms with E-state index in [1.54, 1.807) is 0 Å². The first kappa shape index (κ1) is 12.7. The molecule has 0 aliphatic carbocycles. The van der Waals surface area contributed by atoms with Crippen LogP contribution in [0.2, 0.25) is 0 Å². The highest BCUT2D eigenvalue weighted by Crippen LogP contribution is 2.15. The van der Waals surface area contributed by atoms with Gasteiger partial charge in [0.15, 0.2) is 5.78 Å². The number of carbonyl (C=O) groups is 1. The topological polar surface area (TPSA) is 30.0 Å². The Morgan fingerprint density at radius 3 is 2.36 bits per heavy atom. The second kappa shape index (κ2) is 6.18. The summed E-state index contributed by atoms with van der Waals surface area (Å²) >= 11 is 0. The predicted molar refractivity (Wildman–Crippen MR) is 50.5 cm³/mol. The number of halogens is 2. The van der Waals surface area contributed by atoms with Gasteiger partial charge in [0, 0.05) is 6.92 Å². The van der Waals surface area contributed by atoms with Crippen molar-refractivity contribution in [1.29, 1.82) is 0 Å². The zero-order chi connectivity index (χ0) is 11.1. The molecule has 0 N–H and O–H groups in total. The molecule has 0 atom stereocenters. The molecular weight excluding hydrogens is 188 g/mol. The molecule has 0 radical (unpaired) electrons. The standard InChI is InChI=1S/C8H7F2NO.C2H6/c1-5(12)6-3-2-4-7(11-6)8(9)10;1-2/h2-4,8H,1H3;1-2H3. The SMILES string of the molecule is CC.CC(=O)c1cccc(C(F)F)n1. The van der Waals surface area contributed by atoms with E-state index < -0.39 is 6.43 Å². The molecule has 78 valence electrons. The van der Waals surface area contributed by atoms with Crippen LogP contribution in [0.5, 0.6) is 0 Å². The largest absolute Gasteiger partial charge is 0.293 e. The average Bonchev–Trinajstić information content (AvgIpc) is 2.21. The van der Waals surface area contributed by atoms with Crippen LogP contribution >= 0.6 is 0 Å². The molecule has 0 saturated heterocycles. The molecule has 0 bridgehead atoms. The number of nitrogens with zero attached hydrogens (tertiary/aromatic N) is 1. The molecule has 1 aromatic rings. The quantitative estimate of drug-likeness (QED) is 0.687. The predicted octanol–water partition coefficient (Wildman–Crippen LogP) is 3.25. The van der Waals surface area contributed by atoms with E-state index in [0.717, 1.165) is 0 Å². The zero-order valence-corrected chi connectivity index (χ0v) is 8.42. The number of pyridine rings is 1. The Hall–Kier alpha value is -1.32. The van der Waals surface area contributed by atoms with Crippen LogP contribution in [0.1, 0.15) is 43.4 Å². The Balaban J connectivity index is 0.000000791. The maximum Gasteiger partial charge on any atom is 0.280 e. The first-order valence-electron chi connectivity index (χ1n) is 4.37. The van der Waals surface area contributed by atoms with Crippen molar-refractivity contribution in [2.24, 2.45) is 0 Å². The van der Waals surface area contributed by atoms with Crippen molar-refractivity contribution >= 4 is 5.78 Å². The first-order valence-corrected chi connectivity index (χ1v) is 4.37. The summed E-state index contributed by atoms with van der Waals surface area (Å²) in [5.74, 6) is -0.308. The molecule has 0 aliphatic heterocycles. The summed E-state index contributed by atoms with van der Waals surface area (Å²) in [5, 5.41) is 0. The average molecular weight is 201 g/mol. The van der Waals surface area contributed by atoms with Gasteiger partial charge in [-0.15, -0.1) is 0 Å². The minimum absolute atomic E-state index is 0.0767. The third-order valence-corrected chi connectivity index (χ3v) is 1.35. The van der Waals surface area contributed by atoms with Crippen LogP contribution in [0.3, 0.4) is 0 Å². The highest BCUT2D eigenvalue weighted by Gasteiger charge is 2.09. The maximum absolute atomic E-state index is 12.0. The van der Waals surface area contributed by atoms with Gasteiger partial charge in [-0.05, 0) is 12.1 Å². The second-order valence-corrected chi connectivity index (χ2v) is 2.30. The number of hydrogen-bond acceptors (Lipinski definition) is 2. The third kappa shape index (κ3) is 3.60. The fourth-order valence-corrected chi connectivity index (χ4v) is 0.769. The molecule has 0 saturated carbocycles. The Morgan fingerprint density at radius 2 is 1.93 bits per heavy atom. The van der Waals surface area contributed by atoms with E-state index in [2.05, 4.69) is 4.98 Å². The highest BCUT2D eigenvalue weighted by atomic mass is 19.3. The molecule has 14 heavy (non-hydrogen) atoms. The van der Waals surface area contributed by atoms with Gasteiger partial charge in [-0.3, -0.25) is 4.79 Å². The van der Waals surface area contributed by atoms with Crippen molar-refractivity contribution in [2.45, 2.75) is 27.2 Å². The maximum atomic E-state index is 12.0. The van der Waals surface area contributed by atoms with Crippen molar-refractivity contribution < 1.29 is 13.6 Å². The normalized spacial score (nSPS) is 9.29. The van der Waals surface area contributed by atoms with E-state index in [4.69, 9.17) is 0 Å². The van der Waals surface area contributed by atoms with Crippen LogP contribution in [0.4, 0.5) is 8.78 Å². The van der Waals surface area contributed by atoms with Gasteiger partial charge in [-0.25, -0.2) is 13.8 Å². The monoisotopic (exact) mass is 201 g/mol. The number of carbonyl (C=O) groups excluding carboxylic acids is 1. The molecule has 1 rings (SSSR count). The summed E-state index contributed by atoms with van der Waals surface area (Å²) in [5.41, 5.74) is -0.282. The minimum atomic E-state index is -2.62. The van der Waals surface area contributed by atoms with E-state index in [9.17, 15) is 13.6 Å². The number of aromatic nitrogens is 1. The van der Waals surface area contributed by atoms with Crippen LogP contribution in [0.15, 0.2) is 18.2 Å². The van der Waals surface area contributed by atoms with E-state index in [-0.39, 0.29) is 17.2 Å². The van der Waals surface area contributed by atoms with Crippen molar-refractivity contribution in [3.63, 3.8) is 0 Å². The fraction of sp³-hybridized carbons (Fsp3) is 0.400. The van der Waals surface area contributed by atoms with Gasteiger partial charge < -0.3 is 0 Å². The van der Waals surface area contributed by atoms with Crippen molar-refractivity contribution in [3.8, 4) is 0 Å². The van der Waals surface area contributed by atoms with Crippen molar-refractivity contribution in [1.82, 2.24) is 4.98 Å².